The highest BCUT2D eigenvalue weighted by Crippen LogP contribution is 2.25. The average molecular weight is 303 g/mol. The molecule has 2 fully saturated rings. The molecular weight excluding hydrogens is 278 g/mol. The molecule has 0 unspecified atom stereocenters. The van der Waals surface area contributed by atoms with Crippen molar-refractivity contribution >= 4 is 11.8 Å². The van der Waals surface area contributed by atoms with E-state index in [1.165, 1.54) is 19.3 Å². The first kappa shape index (κ1) is 15.1. The average Bonchev–Trinajstić information content (AvgIpc) is 3.08. The molecule has 120 valence electrons. The lowest BCUT2D eigenvalue weighted by molar-refractivity contribution is -0.142. The van der Waals surface area contributed by atoms with Crippen LogP contribution in [-0.4, -0.2) is 52.8 Å². The molecule has 5 nitrogen and oxygen atoms in total. The maximum Gasteiger partial charge on any atom is 0.227 e. The molecule has 0 bridgehead atoms. The van der Waals surface area contributed by atoms with E-state index in [9.17, 15) is 9.59 Å². The van der Waals surface area contributed by atoms with Gasteiger partial charge >= 0.3 is 0 Å². The largest absolute Gasteiger partial charge is 0.367 e. The normalized spacial score (nSPS) is 20.2. The van der Waals surface area contributed by atoms with Crippen molar-refractivity contribution in [2.24, 2.45) is 5.92 Å². The van der Waals surface area contributed by atoms with E-state index in [0.29, 0.717) is 38.5 Å². The fraction of sp³-hybridized carbons (Fsp3) is 0.647. The summed E-state index contributed by atoms with van der Waals surface area (Å²) in [7, 11) is 0. The molecule has 1 aliphatic heterocycles. The molecule has 1 aromatic heterocycles. The van der Waals surface area contributed by atoms with Crippen LogP contribution in [0.3, 0.4) is 0 Å². The number of carbonyl (C=O) groups is 2. The lowest BCUT2D eigenvalue weighted by atomic mass is 9.88. The van der Waals surface area contributed by atoms with E-state index in [0.717, 1.165) is 18.4 Å². The number of hydrogen-bond acceptors (Lipinski definition) is 2. The summed E-state index contributed by atoms with van der Waals surface area (Å²) in [5.74, 6) is 0.706. The number of hydrogen-bond donors (Lipinski definition) is 1. The fourth-order valence-electron chi connectivity index (χ4n) is 3.54. The van der Waals surface area contributed by atoms with Crippen LogP contribution in [0.5, 0.6) is 0 Å². The molecule has 3 rings (SSSR count). The van der Waals surface area contributed by atoms with Crippen molar-refractivity contribution in [1.82, 2.24) is 14.8 Å². The summed E-state index contributed by atoms with van der Waals surface area (Å²) in [5, 5.41) is 0. The number of aromatic nitrogens is 1. The number of amides is 2. The minimum absolute atomic E-state index is 0.157. The summed E-state index contributed by atoms with van der Waals surface area (Å²) in [6.07, 6.45) is 9.88. The highest BCUT2D eigenvalue weighted by atomic mass is 16.2. The number of rotatable bonds is 3. The molecule has 2 heterocycles. The van der Waals surface area contributed by atoms with Crippen LogP contribution < -0.4 is 0 Å². The van der Waals surface area contributed by atoms with Crippen molar-refractivity contribution in [2.75, 3.05) is 26.2 Å². The number of piperazine rings is 1. The predicted octanol–water partition coefficient (Wildman–Crippen LogP) is 1.81. The van der Waals surface area contributed by atoms with E-state index in [4.69, 9.17) is 0 Å². The van der Waals surface area contributed by atoms with E-state index < -0.39 is 0 Å². The lowest BCUT2D eigenvalue weighted by Gasteiger charge is -2.37. The molecule has 5 heteroatoms. The van der Waals surface area contributed by atoms with Crippen molar-refractivity contribution in [2.45, 2.75) is 38.5 Å². The molecule has 0 spiro atoms. The summed E-state index contributed by atoms with van der Waals surface area (Å²) >= 11 is 0. The number of nitrogens with zero attached hydrogens (tertiary/aromatic N) is 2. The Hall–Kier alpha value is -1.78. The van der Waals surface area contributed by atoms with Crippen molar-refractivity contribution in [3.8, 4) is 0 Å². The van der Waals surface area contributed by atoms with Gasteiger partial charge in [0, 0.05) is 44.5 Å². The van der Waals surface area contributed by atoms with Gasteiger partial charge in [-0.3, -0.25) is 9.59 Å². The zero-order valence-electron chi connectivity index (χ0n) is 13.1. The van der Waals surface area contributed by atoms with Crippen molar-refractivity contribution in [3.63, 3.8) is 0 Å². The SMILES string of the molecule is O=C(Cc1cc[nH]c1)N1CCN(C(=O)C2CCCCC2)CC1. The number of nitrogens with one attached hydrogen (secondary N) is 1. The van der Waals surface area contributed by atoms with E-state index in [1.54, 1.807) is 0 Å². The van der Waals surface area contributed by atoms with Gasteiger partial charge in [-0.2, -0.15) is 0 Å². The number of aromatic amines is 1. The van der Waals surface area contributed by atoms with E-state index in [-0.39, 0.29) is 11.8 Å². The van der Waals surface area contributed by atoms with Crippen LogP contribution in [0.25, 0.3) is 0 Å². The van der Waals surface area contributed by atoms with Crippen LogP contribution >= 0.6 is 0 Å². The molecule has 0 atom stereocenters. The van der Waals surface area contributed by atoms with Gasteiger partial charge in [0.15, 0.2) is 0 Å². The van der Waals surface area contributed by atoms with E-state index in [2.05, 4.69) is 4.98 Å². The second kappa shape index (κ2) is 6.99. The van der Waals surface area contributed by atoms with Crippen LogP contribution in [0, 0.1) is 5.92 Å². The number of carbonyl (C=O) groups excluding carboxylic acids is 2. The lowest BCUT2D eigenvalue weighted by Crippen LogP contribution is -2.52. The third-order valence-electron chi connectivity index (χ3n) is 4.92. The highest BCUT2D eigenvalue weighted by molar-refractivity contribution is 5.81. The summed E-state index contributed by atoms with van der Waals surface area (Å²) in [6.45, 7) is 2.71. The molecule has 1 aliphatic carbocycles. The second-order valence-corrected chi connectivity index (χ2v) is 6.44. The predicted molar refractivity (Wildman–Crippen MR) is 84.2 cm³/mol. The Kier molecular flexibility index (Phi) is 4.80. The van der Waals surface area contributed by atoms with Crippen molar-refractivity contribution < 1.29 is 9.59 Å². The Balaban J connectivity index is 1.47. The highest BCUT2D eigenvalue weighted by Gasteiger charge is 2.29. The quantitative estimate of drug-likeness (QED) is 0.926. The standard InChI is InChI=1S/C17H25N3O2/c21-16(12-14-6-7-18-13-14)19-8-10-20(11-9-19)17(22)15-4-2-1-3-5-15/h6-7,13,15,18H,1-5,8-12H2. The van der Waals surface area contributed by atoms with E-state index in [1.807, 2.05) is 28.3 Å². The molecule has 0 aromatic carbocycles. The monoisotopic (exact) mass is 303 g/mol. The Morgan fingerprint density at radius 2 is 1.73 bits per heavy atom. The summed E-state index contributed by atoms with van der Waals surface area (Å²) in [5.41, 5.74) is 1.02. The summed E-state index contributed by atoms with van der Waals surface area (Å²) in [4.78, 5) is 31.6. The maximum atomic E-state index is 12.5. The smallest absolute Gasteiger partial charge is 0.227 e. The summed E-state index contributed by atoms with van der Waals surface area (Å²) in [6, 6.07) is 1.93. The fourth-order valence-corrected chi connectivity index (χ4v) is 3.54. The van der Waals surface area contributed by atoms with Gasteiger partial charge in [0.25, 0.3) is 0 Å². The third kappa shape index (κ3) is 3.51. The maximum absolute atomic E-state index is 12.5. The van der Waals surface area contributed by atoms with Crippen molar-refractivity contribution in [3.05, 3.63) is 24.0 Å². The first-order valence-corrected chi connectivity index (χ1v) is 8.42. The van der Waals surface area contributed by atoms with Gasteiger partial charge in [-0.1, -0.05) is 19.3 Å². The van der Waals surface area contributed by atoms with Crippen molar-refractivity contribution in [1.29, 1.82) is 0 Å². The Bertz CT molecular complexity index is 498. The van der Waals surface area contributed by atoms with Crippen LogP contribution in [0.2, 0.25) is 0 Å². The van der Waals surface area contributed by atoms with Crippen LogP contribution in [-0.2, 0) is 16.0 Å². The molecule has 1 N–H and O–H groups in total. The zero-order chi connectivity index (χ0) is 15.4. The number of H-pyrrole nitrogens is 1. The molecule has 2 aliphatic rings. The van der Waals surface area contributed by atoms with Gasteiger partial charge in [-0.15, -0.1) is 0 Å². The van der Waals surface area contributed by atoms with E-state index >= 15 is 0 Å². The Morgan fingerprint density at radius 1 is 1.05 bits per heavy atom. The van der Waals surface area contributed by atoms with Crippen LogP contribution in [0.4, 0.5) is 0 Å². The van der Waals surface area contributed by atoms with Gasteiger partial charge in [0.2, 0.25) is 11.8 Å². The van der Waals surface area contributed by atoms with Gasteiger partial charge in [-0.25, -0.2) is 0 Å². The Labute approximate surface area is 131 Å². The topological polar surface area (TPSA) is 56.4 Å². The first-order chi connectivity index (χ1) is 10.7. The van der Waals surface area contributed by atoms with Crippen LogP contribution in [0.15, 0.2) is 18.5 Å². The molecule has 0 radical (unpaired) electrons. The molecule has 1 aromatic rings. The molecule has 1 saturated carbocycles. The molecular formula is C17H25N3O2. The first-order valence-electron chi connectivity index (χ1n) is 8.42. The molecule has 1 saturated heterocycles. The third-order valence-corrected chi connectivity index (χ3v) is 4.92. The van der Waals surface area contributed by atoms with Gasteiger partial charge in [0.1, 0.15) is 0 Å². The summed E-state index contributed by atoms with van der Waals surface area (Å²) < 4.78 is 0. The zero-order valence-corrected chi connectivity index (χ0v) is 13.1. The van der Waals surface area contributed by atoms with Gasteiger partial charge in [0.05, 0.1) is 6.42 Å². The van der Waals surface area contributed by atoms with Crippen LogP contribution in [0.1, 0.15) is 37.7 Å². The van der Waals surface area contributed by atoms with Gasteiger partial charge in [-0.05, 0) is 24.5 Å². The molecule has 22 heavy (non-hydrogen) atoms. The molecule has 2 amide bonds. The minimum Gasteiger partial charge on any atom is -0.367 e. The second-order valence-electron chi connectivity index (χ2n) is 6.44. The van der Waals surface area contributed by atoms with Gasteiger partial charge < -0.3 is 14.8 Å². The Morgan fingerprint density at radius 3 is 2.36 bits per heavy atom. The minimum atomic E-state index is 0.157.